The molecule has 0 amide bonds. The smallest absolute Gasteiger partial charge is 0.150 e. The van der Waals surface area contributed by atoms with Gasteiger partial charge in [-0.3, -0.25) is 0 Å². The van der Waals surface area contributed by atoms with E-state index in [0.717, 1.165) is 10.0 Å². The minimum absolute atomic E-state index is 0.109. The first-order valence-electron chi connectivity index (χ1n) is 6.58. The van der Waals surface area contributed by atoms with Crippen LogP contribution in [0.1, 0.15) is 12.0 Å². The molecular formula is C14H16Br3FO2S. The van der Waals surface area contributed by atoms with Crippen molar-refractivity contribution in [1.29, 1.82) is 0 Å². The molecule has 2 rings (SSSR count). The molecule has 0 aliphatic carbocycles. The van der Waals surface area contributed by atoms with Gasteiger partial charge in [-0.2, -0.15) is 0 Å². The van der Waals surface area contributed by atoms with E-state index in [-0.39, 0.29) is 28.7 Å². The Kier molecular flexibility index (Phi) is 5.94. The van der Waals surface area contributed by atoms with Crippen LogP contribution in [0.2, 0.25) is 0 Å². The predicted molar refractivity (Wildman–Crippen MR) is 94.6 cm³/mol. The van der Waals surface area contributed by atoms with Gasteiger partial charge in [-0.25, -0.2) is 12.8 Å². The Morgan fingerprint density at radius 2 is 1.95 bits per heavy atom. The van der Waals surface area contributed by atoms with Gasteiger partial charge in [0.25, 0.3) is 0 Å². The lowest BCUT2D eigenvalue weighted by atomic mass is 9.74. The summed E-state index contributed by atoms with van der Waals surface area (Å²) in [6, 6.07) is 4.66. The first-order chi connectivity index (χ1) is 9.82. The van der Waals surface area contributed by atoms with Crippen molar-refractivity contribution >= 4 is 57.6 Å². The molecule has 1 atom stereocenters. The maximum atomic E-state index is 13.2. The van der Waals surface area contributed by atoms with Crippen LogP contribution in [0.4, 0.5) is 4.39 Å². The zero-order valence-electron chi connectivity index (χ0n) is 11.3. The molecule has 7 heteroatoms. The molecule has 1 heterocycles. The number of hydrogen-bond donors (Lipinski definition) is 0. The van der Waals surface area contributed by atoms with E-state index in [1.807, 2.05) is 0 Å². The largest absolute Gasteiger partial charge is 0.229 e. The average Bonchev–Trinajstić information content (AvgIpc) is 2.79. The minimum atomic E-state index is -2.92. The third-order valence-corrected chi connectivity index (χ3v) is 8.93. The highest BCUT2D eigenvalue weighted by atomic mass is 79.9. The molecule has 1 saturated heterocycles. The molecule has 1 aromatic carbocycles. The van der Waals surface area contributed by atoms with E-state index in [2.05, 4.69) is 47.8 Å². The van der Waals surface area contributed by atoms with Gasteiger partial charge in [-0.05, 0) is 41.9 Å². The van der Waals surface area contributed by atoms with E-state index >= 15 is 0 Å². The molecule has 1 aliphatic heterocycles. The van der Waals surface area contributed by atoms with Crippen LogP contribution in [-0.4, -0.2) is 30.6 Å². The van der Waals surface area contributed by atoms with Crippen molar-refractivity contribution < 1.29 is 12.8 Å². The SMILES string of the molecule is O=S1(=O)CCC(C(CBr)(CBr)Cc2ccc(F)cc2Br)C1. The van der Waals surface area contributed by atoms with E-state index in [0.29, 0.717) is 23.5 Å². The lowest BCUT2D eigenvalue weighted by Gasteiger charge is -2.36. The van der Waals surface area contributed by atoms with Crippen LogP contribution in [-0.2, 0) is 16.3 Å². The van der Waals surface area contributed by atoms with Crippen LogP contribution in [0.25, 0.3) is 0 Å². The molecule has 1 aliphatic rings. The number of sulfone groups is 1. The molecule has 0 saturated carbocycles. The summed E-state index contributed by atoms with van der Waals surface area (Å²) in [5.41, 5.74) is 0.809. The summed E-state index contributed by atoms with van der Waals surface area (Å²) in [6.45, 7) is 0. The van der Waals surface area contributed by atoms with E-state index in [1.54, 1.807) is 6.07 Å². The molecule has 1 aromatic rings. The fraction of sp³-hybridized carbons (Fsp3) is 0.571. The standard InChI is InChI=1S/C14H16Br3FO2S/c15-8-14(9-16,11-3-4-21(19,20)7-11)6-10-1-2-12(18)5-13(10)17/h1-2,5,11H,3-4,6-9H2. The second-order valence-corrected chi connectivity index (χ2v) is 9.85. The van der Waals surface area contributed by atoms with Crippen molar-refractivity contribution in [2.24, 2.45) is 11.3 Å². The van der Waals surface area contributed by atoms with Crippen molar-refractivity contribution in [3.63, 3.8) is 0 Å². The van der Waals surface area contributed by atoms with E-state index in [9.17, 15) is 12.8 Å². The van der Waals surface area contributed by atoms with Gasteiger partial charge in [0.15, 0.2) is 9.84 Å². The molecule has 21 heavy (non-hydrogen) atoms. The molecule has 0 radical (unpaired) electrons. The molecule has 0 aromatic heterocycles. The van der Waals surface area contributed by atoms with Crippen molar-refractivity contribution in [1.82, 2.24) is 0 Å². The first-order valence-corrected chi connectivity index (χ1v) is 11.4. The highest BCUT2D eigenvalue weighted by molar-refractivity contribution is 9.10. The van der Waals surface area contributed by atoms with Gasteiger partial charge >= 0.3 is 0 Å². The fourth-order valence-corrected chi connectivity index (χ4v) is 7.49. The van der Waals surface area contributed by atoms with Crippen LogP contribution in [0.5, 0.6) is 0 Å². The molecule has 0 N–H and O–H groups in total. The molecular weight excluding hydrogens is 491 g/mol. The van der Waals surface area contributed by atoms with Gasteiger partial charge in [-0.1, -0.05) is 53.9 Å². The fourth-order valence-electron chi connectivity index (χ4n) is 2.82. The Labute approximate surface area is 150 Å². The van der Waals surface area contributed by atoms with Crippen LogP contribution in [0, 0.1) is 17.2 Å². The van der Waals surface area contributed by atoms with Crippen LogP contribution in [0.3, 0.4) is 0 Å². The maximum absolute atomic E-state index is 13.2. The topological polar surface area (TPSA) is 34.1 Å². The van der Waals surface area contributed by atoms with Crippen molar-refractivity contribution in [3.05, 3.63) is 34.1 Å². The lowest BCUT2D eigenvalue weighted by molar-refractivity contribution is 0.253. The van der Waals surface area contributed by atoms with Crippen LogP contribution in [0.15, 0.2) is 22.7 Å². The van der Waals surface area contributed by atoms with Gasteiger partial charge in [-0.15, -0.1) is 0 Å². The Hall–Kier alpha value is 0.540. The van der Waals surface area contributed by atoms with Crippen LogP contribution < -0.4 is 0 Å². The summed E-state index contributed by atoms with van der Waals surface area (Å²) in [5.74, 6) is 0.336. The number of hydrogen-bond acceptors (Lipinski definition) is 2. The highest BCUT2D eigenvalue weighted by Gasteiger charge is 2.43. The second kappa shape index (κ2) is 6.97. The number of benzene rings is 1. The minimum Gasteiger partial charge on any atom is -0.229 e. The summed E-state index contributed by atoms with van der Waals surface area (Å²) >= 11 is 10.5. The second-order valence-electron chi connectivity index (χ2n) is 5.64. The van der Waals surface area contributed by atoms with Gasteiger partial charge < -0.3 is 0 Å². The van der Waals surface area contributed by atoms with Gasteiger partial charge in [0.1, 0.15) is 5.82 Å². The Balaban J connectivity index is 2.30. The molecule has 1 unspecified atom stereocenters. The first kappa shape index (κ1) is 17.9. The lowest BCUT2D eigenvalue weighted by Crippen LogP contribution is -2.37. The van der Waals surface area contributed by atoms with Crippen molar-refractivity contribution in [3.8, 4) is 0 Å². The number of halogens is 4. The average molecular weight is 507 g/mol. The monoisotopic (exact) mass is 504 g/mol. The molecule has 1 fully saturated rings. The quantitative estimate of drug-likeness (QED) is 0.557. The third-order valence-electron chi connectivity index (χ3n) is 4.19. The number of alkyl halides is 2. The molecule has 2 nitrogen and oxygen atoms in total. The highest BCUT2D eigenvalue weighted by Crippen LogP contribution is 2.42. The normalized spacial score (nSPS) is 21.6. The number of rotatable bonds is 5. The van der Waals surface area contributed by atoms with Gasteiger partial charge in [0.05, 0.1) is 11.5 Å². The van der Waals surface area contributed by atoms with Crippen molar-refractivity contribution in [2.75, 3.05) is 22.2 Å². The van der Waals surface area contributed by atoms with Gasteiger partial charge in [0.2, 0.25) is 0 Å². The summed E-state index contributed by atoms with van der Waals surface area (Å²) < 4.78 is 37.5. The maximum Gasteiger partial charge on any atom is 0.150 e. The Morgan fingerprint density at radius 1 is 1.29 bits per heavy atom. The summed E-state index contributed by atoms with van der Waals surface area (Å²) in [6.07, 6.45) is 1.39. The van der Waals surface area contributed by atoms with E-state index in [4.69, 9.17) is 0 Å². The van der Waals surface area contributed by atoms with Gasteiger partial charge in [0, 0.05) is 15.1 Å². The third kappa shape index (κ3) is 4.09. The molecule has 0 bridgehead atoms. The van der Waals surface area contributed by atoms with E-state index < -0.39 is 9.84 Å². The van der Waals surface area contributed by atoms with Crippen molar-refractivity contribution in [2.45, 2.75) is 12.8 Å². The Bertz CT molecular complexity index is 615. The summed E-state index contributed by atoms with van der Waals surface area (Å²) in [4.78, 5) is 0. The molecule has 0 spiro atoms. The zero-order chi connectivity index (χ0) is 15.7. The van der Waals surface area contributed by atoms with E-state index in [1.165, 1.54) is 12.1 Å². The zero-order valence-corrected chi connectivity index (χ0v) is 16.9. The Morgan fingerprint density at radius 3 is 2.43 bits per heavy atom. The predicted octanol–water partition coefficient (Wildman–Crippen LogP) is 4.34. The summed E-state index contributed by atoms with van der Waals surface area (Å²) in [7, 11) is -2.92. The summed E-state index contributed by atoms with van der Waals surface area (Å²) in [5, 5.41) is 1.41. The molecule has 118 valence electrons. The van der Waals surface area contributed by atoms with Crippen LogP contribution >= 0.6 is 47.8 Å².